The van der Waals surface area contributed by atoms with Crippen LogP contribution in [0.25, 0.3) is 0 Å². The molecule has 0 aromatic carbocycles. The van der Waals surface area contributed by atoms with Crippen LogP contribution in [0.4, 0.5) is 0 Å². The van der Waals surface area contributed by atoms with Crippen molar-refractivity contribution in [1.29, 1.82) is 0 Å². The predicted octanol–water partition coefficient (Wildman–Crippen LogP) is 0.809. The number of likely N-dealkylation sites (tertiary alicyclic amines) is 1. The van der Waals surface area contributed by atoms with Gasteiger partial charge in [0.2, 0.25) is 5.91 Å². The molecule has 4 heteroatoms. The summed E-state index contributed by atoms with van der Waals surface area (Å²) in [6.45, 7) is 1.09. The monoisotopic (exact) mass is 239 g/mol. The Morgan fingerprint density at radius 2 is 1.82 bits per heavy atom. The van der Waals surface area contributed by atoms with Crippen LogP contribution < -0.4 is 5.73 Å². The van der Waals surface area contributed by atoms with Crippen LogP contribution in [0.15, 0.2) is 0 Å². The first kappa shape index (κ1) is 12.8. The number of amides is 1. The summed E-state index contributed by atoms with van der Waals surface area (Å²) >= 11 is 0. The Morgan fingerprint density at radius 3 is 2.41 bits per heavy atom. The maximum atomic E-state index is 12.1. The van der Waals surface area contributed by atoms with Crippen molar-refractivity contribution in [2.24, 2.45) is 5.73 Å². The van der Waals surface area contributed by atoms with E-state index in [-0.39, 0.29) is 11.9 Å². The summed E-state index contributed by atoms with van der Waals surface area (Å²) in [5.41, 5.74) is 5.94. The molecule has 1 unspecified atom stereocenters. The van der Waals surface area contributed by atoms with Crippen molar-refractivity contribution in [2.45, 2.75) is 56.7 Å². The van der Waals surface area contributed by atoms with Gasteiger partial charge in [0.05, 0.1) is 6.04 Å². The molecule has 2 aliphatic rings. The molecule has 0 aromatic heterocycles. The standard InChI is InChI=1S/C13H25N3O/c1-15(2)13(17)12-4-3-9-16(12)11-7-5-10(14)6-8-11/h10-12H,3-9,14H2,1-2H3. The number of hydrogen-bond acceptors (Lipinski definition) is 3. The van der Waals surface area contributed by atoms with E-state index < -0.39 is 0 Å². The molecule has 1 atom stereocenters. The molecule has 2 rings (SSSR count). The van der Waals surface area contributed by atoms with Gasteiger partial charge in [0.1, 0.15) is 0 Å². The molecule has 1 amide bonds. The van der Waals surface area contributed by atoms with Gasteiger partial charge in [-0.15, -0.1) is 0 Å². The first-order valence-corrected chi connectivity index (χ1v) is 6.82. The van der Waals surface area contributed by atoms with Gasteiger partial charge < -0.3 is 10.6 Å². The van der Waals surface area contributed by atoms with E-state index in [1.54, 1.807) is 4.90 Å². The molecule has 0 radical (unpaired) electrons. The van der Waals surface area contributed by atoms with Crippen LogP contribution in [0.1, 0.15) is 38.5 Å². The zero-order valence-electron chi connectivity index (χ0n) is 11.1. The zero-order chi connectivity index (χ0) is 12.4. The van der Waals surface area contributed by atoms with Gasteiger partial charge in [-0.2, -0.15) is 0 Å². The first-order valence-electron chi connectivity index (χ1n) is 6.82. The van der Waals surface area contributed by atoms with Crippen LogP contribution in [0.2, 0.25) is 0 Å². The lowest BCUT2D eigenvalue weighted by Crippen LogP contribution is -2.49. The predicted molar refractivity (Wildman–Crippen MR) is 68.7 cm³/mol. The van der Waals surface area contributed by atoms with Gasteiger partial charge >= 0.3 is 0 Å². The van der Waals surface area contributed by atoms with Gasteiger partial charge in [0, 0.05) is 26.2 Å². The maximum Gasteiger partial charge on any atom is 0.239 e. The molecule has 1 aliphatic carbocycles. The Morgan fingerprint density at radius 1 is 1.18 bits per heavy atom. The van der Waals surface area contributed by atoms with E-state index in [1.807, 2.05) is 14.1 Å². The number of hydrogen-bond donors (Lipinski definition) is 1. The average molecular weight is 239 g/mol. The van der Waals surface area contributed by atoms with Gasteiger partial charge in [-0.1, -0.05) is 0 Å². The van der Waals surface area contributed by atoms with Crippen LogP contribution in [-0.2, 0) is 4.79 Å². The number of nitrogens with zero attached hydrogens (tertiary/aromatic N) is 2. The van der Waals surface area contributed by atoms with Gasteiger partial charge in [-0.25, -0.2) is 0 Å². The van der Waals surface area contributed by atoms with E-state index in [4.69, 9.17) is 5.73 Å². The molecular weight excluding hydrogens is 214 g/mol. The van der Waals surface area contributed by atoms with Crippen molar-refractivity contribution >= 4 is 5.91 Å². The fraction of sp³-hybridized carbons (Fsp3) is 0.923. The van der Waals surface area contributed by atoms with Crippen LogP contribution in [0, 0.1) is 0 Å². The second kappa shape index (κ2) is 5.36. The zero-order valence-corrected chi connectivity index (χ0v) is 11.1. The number of carbonyl (C=O) groups is 1. The smallest absolute Gasteiger partial charge is 0.239 e. The number of nitrogens with two attached hydrogens (primary N) is 1. The van der Waals surface area contributed by atoms with E-state index >= 15 is 0 Å². The van der Waals surface area contributed by atoms with Crippen molar-refractivity contribution in [3.05, 3.63) is 0 Å². The Hall–Kier alpha value is -0.610. The molecular formula is C13H25N3O. The molecule has 4 nitrogen and oxygen atoms in total. The molecule has 1 heterocycles. The summed E-state index contributed by atoms with van der Waals surface area (Å²) in [7, 11) is 3.71. The van der Waals surface area contributed by atoms with E-state index in [1.165, 1.54) is 12.8 Å². The maximum absolute atomic E-state index is 12.1. The summed E-state index contributed by atoms with van der Waals surface area (Å²) in [6.07, 6.45) is 6.75. The van der Waals surface area contributed by atoms with Crippen molar-refractivity contribution in [1.82, 2.24) is 9.80 Å². The van der Waals surface area contributed by atoms with Gasteiger partial charge in [-0.05, 0) is 45.1 Å². The third-order valence-corrected chi connectivity index (χ3v) is 4.23. The third-order valence-electron chi connectivity index (χ3n) is 4.23. The van der Waals surface area contributed by atoms with Gasteiger partial charge in [0.15, 0.2) is 0 Å². The van der Waals surface area contributed by atoms with Crippen LogP contribution in [0.3, 0.4) is 0 Å². The Balaban J connectivity index is 1.97. The quantitative estimate of drug-likeness (QED) is 0.776. The SMILES string of the molecule is CN(C)C(=O)C1CCCN1C1CCC(N)CC1. The van der Waals surface area contributed by atoms with Gasteiger partial charge in [0.25, 0.3) is 0 Å². The summed E-state index contributed by atoms with van der Waals surface area (Å²) in [6, 6.07) is 1.10. The lowest BCUT2D eigenvalue weighted by Gasteiger charge is -2.37. The number of rotatable bonds is 2. The Bertz CT molecular complexity index is 272. The minimum absolute atomic E-state index is 0.129. The van der Waals surface area contributed by atoms with E-state index in [9.17, 15) is 4.79 Å². The summed E-state index contributed by atoms with van der Waals surface area (Å²) in [5.74, 6) is 0.275. The van der Waals surface area contributed by atoms with Gasteiger partial charge in [-0.3, -0.25) is 9.69 Å². The molecule has 2 fully saturated rings. The fourth-order valence-corrected chi connectivity index (χ4v) is 3.22. The highest BCUT2D eigenvalue weighted by atomic mass is 16.2. The van der Waals surface area contributed by atoms with E-state index in [2.05, 4.69) is 4.90 Å². The van der Waals surface area contributed by atoms with Crippen molar-refractivity contribution in [2.75, 3.05) is 20.6 Å². The molecule has 1 saturated carbocycles. The Labute approximate surface area is 104 Å². The highest BCUT2D eigenvalue weighted by Crippen LogP contribution is 2.29. The second-order valence-electron chi connectivity index (χ2n) is 5.70. The van der Waals surface area contributed by atoms with Crippen LogP contribution in [0.5, 0.6) is 0 Å². The Kier molecular flexibility index (Phi) is 4.05. The first-order chi connectivity index (χ1) is 8.09. The number of carbonyl (C=O) groups excluding carboxylic acids is 1. The topological polar surface area (TPSA) is 49.6 Å². The molecule has 2 N–H and O–H groups in total. The van der Waals surface area contributed by atoms with Crippen molar-refractivity contribution in [3.63, 3.8) is 0 Å². The summed E-state index contributed by atoms with van der Waals surface area (Å²) in [4.78, 5) is 16.3. The molecule has 17 heavy (non-hydrogen) atoms. The fourth-order valence-electron chi connectivity index (χ4n) is 3.22. The lowest BCUT2D eigenvalue weighted by molar-refractivity contribution is -0.134. The van der Waals surface area contributed by atoms with Crippen LogP contribution in [-0.4, -0.2) is 54.5 Å². The molecule has 1 aliphatic heterocycles. The molecule has 0 aromatic rings. The lowest BCUT2D eigenvalue weighted by atomic mass is 9.90. The third kappa shape index (κ3) is 2.80. The minimum Gasteiger partial charge on any atom is -0.347 e. The highest BCUT2D eigenvalue weighted by Gasteiger charge is 2.37. The van der Waals surface area contributed by atoms with Crippen LogP contribution >= 0.6 is 0 Å². The number of likely N-dealkylation sites (N-methyl/N-ethyl adjacent to an activating group) is 1. The average Bonchev–Trinajstić information content (AvgIpc) is 2.77. The second-order valence-corrected chi connectivity index (χ2v) is 5.70. The molecule has 0 spiro atoms. The van der Waals surface area contributed by atoms with Crippen molar-refractivity contribution in [3.8, 4) is 0 Å². The van der Waals surface area contributed by atoms with E-state index in [0.717, 1.165) is 32.2 Å². The normalized spacial score (nSPS) is 34.9. The highest BCUT2D eigenvalue weighted by molar-refractivity contribution is 5.81. The summed E-state index contributed by atoms with van der Waals surface area (Å²) in [5, 5.41) is 0. The molecule has 1 saturated heterocycles. The van der Waals surface area contributed by atoms with Crippen molar-refractivity contribution < 1.29 is 4.79 Å². The molecule has 0 bridgehead atoms. The summed E-state index contributed by atoms with van der Waals surface area (Å²) < 4.78 is 0. The minimum atomic E-state index is 0.129. The molecule has 98 valence electrons. The largest absolute Gasteiger partial charge is 0.347 e. The van der Waals surface area contributed by atoms with E-state index in [0.29, 0.717) is 12.1 Å².